The number of anilines is 1. The van der Waals surface area contributed by atoms with Crippen LogP contribution in [0.25, 0.3) is 0 Å². The minimum Gasteiger partial charge on any atom is -0.384 e. The first kappa shape index (κ1) is 17.6. The second kappa shape index (κ2) is 7.02. The number of hydrogen-bond donors (Lipinski definition) is 2. The second-order valence-electron chi connectivity index (χ2n) is 5.67. The monoisotopic (exact) mass is 314 g/mol. The zero-order valence-corrected chi connectivity index (χ0v) is 13.6. The van der Waals surface area contributed by atoms with Crippen molar-refractivity contribution in [3.05, 3.63) is 24.3 Å². The van der Waals surface area contributed by atoms with Crippen LogP contribution in [0.3, 0.4) is 0 Å². The SMILES string of the molecule is COCCC(=O)Nc1cccc(S(=O)(=O)NC(C)(C)C)c1. The molecule has 118 valence electrons. The van der Waals surface area contributed by atoms with Crippen LogP contribution in [0, 0.1) is 0 Å². The Morgan fingerprint density at radius 3 is 2.52 bits per heavy atom. The largest absolute Gasteiger partial charge is 0.384 e. The Kier molecular flexibility index (Phi) is 5.88. The van der Waals surface area contributed by atoms with E-state index in [-0.39, 0.29) is 17.2 Å². The van der Waals surface area contributed by atoms with Gasteiger partial charge in [0.1, 0.15) is 0 Å². The average Bonchev–Trinajstić information content (AvgIpc) is 2.34. The molecule has 0 radical (unpaired) electrons. The molecule has 1 amide bonds. The summed E-state index contributed by atoms with van der Waals surface area (Å²) in [5, 5.41) is 2.64. The number of nitrogens with one attached hydrogen (secondary N) is 2. The van der Waals surface area contributed by atoms with E-state index in [1.54, 1.807) is 32.9 Å². The molecule has 6 nitrogen and oxygen atoms in total. The predicted molar refractivity (Wildman–Crippen MR) is 81.6 cm³/mol. The highest BCUT2D eigenvalue weighted by Gasteiger charge is 2.22. The van der Waals surface area contributed by atoms with Crippen LogP contribution in [0.15, 0.2) is 29.2 Å². The first-order valence-electron chi connectivity index (χ1n) is 6.57. The molecule has 0 aromatic heterocycles. The Morgan fingerprint density at radius 1 is 1.29 bits per heavy atom. The van der Waals surface area contributed by atoms with Crippen molar-refractivity contribution >= 4 is 21.6 Å². The van der Waals surface area contributed by atoms with E-state index >= 15 is 0 Å². The maximum atomic E-state index is 12.2. The summed E-state index contributed by atoms with van der Waals surface area (Å²) in [6.45, 7) is 5.61. The molecule has 0 saturated carbocycles. The van der Waals surface area contributed by atoms with Gasteiger partial charge in [-0.25, -0.2) is 13.1 Å². The number of carbonyl (C=O) groups excluding carboxylic acids is 1. The summed E-state index contributed by atoms with van der Waals surface area (Å²) in [5.41, 5.74) is -0.135. The molecule has 0 fully saturated rings. The van der Waals surface area contributed by atoms with Gasteiger partial charge < -0.3 is 10.1 Å². The van der Waals surface area contributed by atoms with Gasteiger partial charge in [0.2, 0.25) is 15.9 Å². The Balaban J connectivity index is 2.88. The fourth-order valence-electron chi connectivity index (χ4n) is 1.62. The van der Waals surface area contributed by atoms with E-state index in [1.807, 2.05) is 0 Å². The number of benzene rings is 1. The minimum atomic E-state index is -3.62. The molecule has 0 aliphatic carbocycles. The number of ether oxygens (including phenoxy) is 1. The van der Waals surface area contributed by atoms with Gasteiger partial charge in [-0.15, -0.1) is 0 Å². The average molecular weight is 314 g/mol. The first-order valence-corrected chi connectivity index (χ1v) is 8.05. The van der Waals surface area contributed by atoms with Crippen LogP contribution in [0.4, 0.5) is 5.69 Å². The van der Waals surface area contributed by atoms with Gasteiger partial charge in [0.05, 0.1) is 17.9 Å². The van der Waals surface area contributed by atoms with Crippen molar-refractivity contribution in [1.29, 1.82) is 0 Å². The molecule has 7 heteroatoms. The van der Waals surface area contributed by atoms with E-state index in [0.717, 1.165) is 0 Å². The summed E-state index contributed by atoms with van der Waals surface area (Å²) in [6.07, 6.45) is 0.216. The smallest absolute Gasteiger partial charge is 0.241 e. The number of amides is 1. The van der Waals surface area contributed by atoms with E-state index in [2.05, 4.69) is 10.0 Å². The van der Waals surface area contributed by atoms with Crippen molar-refractivity contribution in [1.82, 2.24) is 4.72 Å². The van der Waals surface area contributed by atoms with E-state index < -0.39 is 15.6 Å². The molecule has 1 rings (SSSR count). The Labute approximate surface area is 125 Å². The highest BCUT2D eigenvalue weighted by Crippen LogP contribution is 2.17. The fourth-order valence-corrected chi connectivity index (χ4v) is 3.09. The van der Waals surface area contributed by atoms with Crippen LogP contribution >= 0.6 is 0 Å². The maximum absolute atomic E-state index is 12.2. The van der Waals surface area contributed by atoms with Crippen molar-refractivity contribution in [2.45, 2.75) is 37.6 Å². The number of sulfonamides is 1. The van der Waals surface area contributed by atoms with Crippen molar-refractivity contribution in [3.8, 4) is 0 Å². The third-order valence-corrected chi connectivity index (χ3v) is 4.16. The normalized spacial score (nSPS) is 12.2. The summed E-state index contributed by atoms with van der Waals surface area (Å²) in [5.74, 6) is -0.227. The molecule has 0 bridgehead atoms. The Morgan fingerprint density at radius 2 is 1.95 bits per heavy atom. The molecule has 0 heterocycles. The van der Waals surface area contributed by atoms with Gasteiger partial charge in [0, 0.05) is 18.3 Å². The lowest BCUT2D eigenvalue weighted by Crippen LogP contribution is -2.40. The van der Waals surface area contributed by atoms with Crippen molar-refractivity contribution in [2.24, 2.45) is 0 Å². The molecule has 1 aromatic carbocycles. The van der Waals surface area contributed by atoms with Gasteiger partial charge in [0.15, 0.2) is 0 Å². The van der Waals surface area contributed by atoms with E-state index in [1.165, 1.54) is 19.2 Å². The second-order valence-corrected chi connectivity index (χ2v) is 7.36. The Hall–Kier alpha value is -1.44. The number of rotatable bonds is 6. The highest BCUT2D eigenvalue weighted by molar-refractivity contribution is 7.89. The van der Waals surface area contributed by atoms with Gasteiger partial charge in [-0.1, -0.05) is 6.07 Å². The van der Waals surface area contributed by atoms with E-state index in [0.29, 0.717) is 12.3 Å². The minimum absolute atomic E-state index is 0.113. The highest BCUT2D eigenvalue weighted by atomic mass is 32.2. The van der Waals surface area contributed by atoms with E-state index in [9.17, 15) is 13.2 Å². The van der Waals surface area contributed by atoms with Crippen molar-refractivity contribution in [3.63, 3.8) is 0 Å². The molecular weight excluding hydrogens is 292 g/mol. The lowest BCUT2D eigenvalue weighted by atomic mass is 10.1. The molecule has 1 aromatic rings. The van der Waals surface area contributed by atoms with Crippen LogP contribution in [0.1, 0.15) is 27.2 Å². The molecule has 21 heavy (non-hydrogen) atoms. The topological polar surface area (TPSA) is 84.5 Å². The summed E-state index contributed by atoms with van der Waals surface area (Å²) in [7, 11) is -2.11. The summed E-state index contributed by atoms with van der Waals surface area (Å²) in [6, 6.07) is 6.14. The lowest BCUT2D eigenvalue weighted by molar-refractivity contribution is -0.117. The van der Waals surface area contributed by atoms with Gasteiger partial charge >= 0.3 is 0 Å². The zero-order chi connectivity index (χ0) is 16.1. The summed E-state index contributed by atoms with van der Waals surface area (Å²) < 4.78 is 31.8. The van der Waals surface area contributed by atoms with Crippen LogP contribution in [0.2, 0.25) is 0 Å². The third kappa shape index (κ3) is 6.24. The summed E-state index contributed by atoms with van der Waals surface area (Å²) >= 11 is 0. The molecule has 0 aliphatic rings. The summed E-state index contributed by atoms with van der Waals surface area (Å²) in [4.78, 5) is 11.7. The quantitative estimate of drug-likeness (QED) is 0.837. The standard InChI is InChI=1S/C14H22N2O4S/c1-14(2,3)16-21(18,19)12-7-5-6-11(10-12)15-13(17)8-9-20-4/h5-7,10,16H,8-9H2,1-4H3,(H,15,17). The van der Waals surface area contributed by atoms with Gasteiger partial charge in [0.25, 0.3) is 0 Å². The molecule has 2 N–H and O–H groups in total. The molecule has 0 saturated heterocycles. The molecule has 0 unspecified atom stereocenters. The number of carbonyl (C=O) groups is 1. The van der Waals surface area contributed by atoms with Gasteiger partial charge in [-0.3, -0.25) is 4.79 Å². The number of methoxy groups -OCH3 is 1. The fraction of sp³-hybridized carbons (Fsp3) is 0.500. The van der Waals surface area contributed by atoms with Crippen LogP contribution in [-0.4, -0.2) is 33.6 Å². The molecule has 0 spiro atoms. The third-order valence-electron chi connectivity index (χ3n) is 2.40. The number of hydrogen-bond acceptors (Lipinski definition) is 4. The first-order chi connectivity index (χ1) is 9.64. The van der Waals surface area contributed by atoms with E-state index in [4.69, 9.17) is 4.74 Å². The zero-order valence-electron chi connectivity index (χ0n) is 12.8. The van der Waals surface area contributed by atoms with Crippen LogP contribution < -0.4 is 10.0 Å². The van der Waals surface area contributed by atoms with Gasteiger partial charge in [-0.05, 0) is 39.0 Å². The van der Waals surface area contributed by atoms with Crippen molar-refractivity contribution in [2.75, 3.05) is 19.0 Å². The Bertz CT molecular complexity index is 591. The van der Waals surface area contributed by atoms with Gasteiger partial charge in [-0.2, -0.15) is 0 Å². The molecule has 0 aliphatic heterocycles. The lowest BCUT2D eigenvalue weighted by Gasteiger charge is -2.20. The van der Waals surface area contributed by atoms with Crippen molar-refractivity contribution < 1.29 is 17.9 Å². The van der Waals surface area contributed by atoms with Crippen LogP contribution in [0.5, 0.6) is 0 Å². The maximum Gasteiger partial charge on any atom is 0.241 e. The predicted octanol–water partition coefficient (Wildman–Crippen LogP) is 1.74. The molecule has 0 atom stereocenters. The molecular formula is C14H22N2O4S. The van der Waals surface area contributed by atoms with Crippen LogP contribution in [-0.2, 0) is 19.6 Å².